The molecule has 0 aromatic carbocycles. The van der Waals surface area contributed by atoms with Crippen LogP contribution in [0.15, 0.2) is 6.07 Å². The van der Waals surface area contributed by atoms with Crippen LogP contribution in [-0.4, -0.2) is 21.8 Å². The van der Waals surface area contributed by atoms with Gasteiger partial charge in [0.15, 0.2) is 0 Å². The van der Waals surface area contributed by atoms with Gasteiger partial charge in [-0.3, -0.25) is 0 Å². The van der Waals surface area contributed by atoms with E-state index in [1.807, 2.05) is 24.8 Å². The molecule has 1 rings (SSSR count). The SMILES string of the molecule is CCNc1cc(C)nc(CSC(C)CC)n1. The number of rotatable bonds is 6. The molecule has 0 bridgehead atoms. The number of aromatic nitrogens is 2. The molecule has 0 radical (unpaired) electrons. The minimum Gasteiger partial charge on any atom is -0.370 e. The summed E-state index contributed by atoms with van der Waals surface area (Å²) in [5.74, 6) is 2.77. The fourth-order valence-corrected chi connectivity index (χ4v) is 2.10. The maximum atomic E-state index is 4.49. The standard InChI is InChI=1S/C12H21N3S/c1-5-10(4)16-8-12-14-9(3)7-11(15-12)13-6-2/h7,10H,5-6,8H2,1-4H3,(H,13,14,15). The molecule has 0 aliphatic rings. The fourth-order valence-electron chi connectivity index (χ4n) is 1.30. The molecule has 0 spiro atoms. The van der Waals surface area contributed by atoms with Crippen LogP contribution in [0.2, 0.25) is 0 Å². The lowest BCUT2D eigenvalue weighted by atomic mass is 10.4. The van der Waals surface area contributed by atoms with Crippen LogP contribution in [0.5, 0.6) is 0 Å². The first kappa shape index (κ1) is 13.3. The summed E-state index contributed by atoms with van der Waals surface area (Å²) in [4.78, 5) is 8.94. The van der Waals surface area contributed by atoms with Crippen LogP contribution in [-0.2, 0) is 5.75 Å². The largest absolute Gasteiger partial charge is 0.370 e. The van der Waals surface area contributed by atoms with Crippen LogP contribution in [0.1, 0.15) is 38.7 Å². The van der Waals surface area contributed by atoms with E-state index in [1.165, 1.54) is 6.42 Å². The Bertz CT molecular complexity index is 328. The minimum absolute atomic E-state index is 0.673. The number of thioether (sulfide) groups is 1. The summed E-state index contributed by atoms with van der Waals surface area (Å²) in [6.07, 6.45) is 1.19. The van der Waals surface area contributed by atoms with E-state index in [-0.39, 0.29) is 0 Å². The number of hydrogen-bond acceptors (Lipinski definition) is 4. The molecule has 0 amide bonds. The van der Waals surface area contributed by atoms with Crippen molar-refractivity contribution >= 4 is 17.6 Å². The van der Waals surface area contributed by atoms with Crippen molar-refractivity contribution in [1.29, 1.82) is 0 Å². The Labute approximate surface area is 102 Å². The van der Waals surface area contributed by atoms with Gasteiger partial charge in [-0.1, -0.05) is 13.8 Å². The molecule has 1 aromatic heterocycles. The smallest absolute Gasteiger partial charge is 0.140 e. The van der Waals surface area contributed by atoms with Crippen LogP contribution < -0.4 is 5.32 Å². The second-order valence-corrected chi connectivity index (χ2v) is 5.30. The Morgan fingerprint density at radius 3 is 2.75 bits per heavy atom. The maximum absolute atomic E-state index is 4.49. The molecule has 0 saturated carbocycles. The molecular weight excluding hydrogens is 218 g/mol. The Balaban J connectivity index is 2.64. The Hall–Kier alpha value is -0.770. The van der Waals surface area contributed by atoms with Crippen molar-refractivity contribution in [2.75, 3.05) is 11.9 Å². The first-order chi connectivity index (χ1) is 7.65. The summed E-state index contributed by atoms with van der Waals surface area (Å²) in [6, 6.07) is 1.99. The third kappa shape index (κ3) is 4.39. The summed E-state index contributed by atoms with van der Waals surface area (Å²) in [5, 5.41) is 3.90. The van der Waals surface area contributed by atoms with E-state index in [1.54, 1.807) is 0 Å². The van der Waals surface area contributed by atoms with Crippen LogP contribution in [0, 0.1) is 6.92 Å². The molecule has 1 unspecified atom stereocenters. The first-order valence-electron chi connectivity index (χ1n) is 5.85. The van der Waals surface area contributed by atoms with E-state index in [4.69, 9.17) is 0 Å². The molecule has 16 heavy (non-hydrogen) atoms. The van der Waals surface area contributed by atoms with Gasteiger partial charge in [0, 0.05) is 23.6 Å². The molecule has 3 nitrogen and oxygen atoms in total. The minimum atomic E-state index is 0.673. The van der Waals surface area contributed by atoms with Gasteiger partial charge in [0.25, 0.3) is 0 Å². The van der Waals surface area contributed by atoms with E-state index in [0.717, 1.165) is 29.6 Å². The van der Waals surface area contributed by atoms with Crippen LogP contribution in [0.4, 0.5) is 5.82 Å². The number of hydrogen-bond donors (Lipinski definition) is 1. The molecule has 0 fully saturated rings. The van der Waals surface area contributed by atoms with E-state index in [2.05, 4.69) is 36.1 Å². The summed E-state index contributed by atoms with van der Waals surface area (Å²) >= 11 is 1.91. The summed E-state index contributed by atoms with van der Waals surface area (Å²) in [6.45, 7) is 9.43. The highest BCUT2D eigenvalue weighted by molar-refractivity contribution is 7.99. The molecular formula is C12H21N3S. The van der Waals surface area contributed by atoms with Crippen LogP contribution in [0.3, 0.4) is 0 Å². The normalized spacial score (nSPS) is 12.5. The van der Waals surface area contributed by atoms with Gasteiger partial charge >= 0.3 is 0 Å². The van der Waals surface area contributed by atoms with Crippen molar-refractivity contribution < 1.29 is 0 Å². The predicted molar refractivity (Wildman–Crippen MR) is 72.0 cm³/mol. The predicted octanol–water partition coefficient (Wildman–Crippen LogP) is 3.25. The monoisotopic (exact) mass is 239 g/mol. The number of aryl methyl sites for hydroxylation is 1. The molecule has 0 saturated heterocycles. The van der Waals surface area contributed by atoms with E-state index < -0.39 is 0 Å². The second-order valence-electron chi connectivity index (χ2n) is 3.87. The highest BCUT2D eigenvalue weighted by atomic mass is 32.2. The first-order valence-corrected chi connectivity index (χ1v) is 6.90. The average Bonchev–Trinajstić information content (AvgIpc) is 2.25. The van der Waals surface area contributed by atoms with Crippen molar-refractivity contribution in [2.24, 2.45) is 0 Å². The quantitative estimate of drug-likeness (QED) is 0.827. The summed E-state index contributed by atoms with van der Waals surface area (Å²) in [5.41, 5.74) is 1.03. The van der Waals surface area contributed by atoms with Crippen molar-refractivity contribution in [3.8, 4) is 0 Å². The topological polar surface area (TPSA) is 37.8 Å². The van der Waals surface area contributed by atoms with Crippen molar-refractivity contribution in [2.45, 2.75) is 45.1 Å². The number of nitrogens with zero attached hydrogens (tertiary/aromatic N) is 2. The molecule has 0 aliphatic carbocycles. The van der Waals surface area contributed by atoms with Gasteiger partial charge in [0.2, 0.25) is 0 Å². The van der Waals surface area contributed by atoms with E-state index in [0.29, 0.717) is 5.25 Å². The van der Waals surface area contributed by atoms with E-state index >= 15 is 0 Å². The summed E-state index contributed by atoms with van der Waals surface area (Å²) in [7, 11) is 0. The zero-order valence-corrected chi connectivity index (χ0v) is 11.4. The third-order valence-corrected chi connectivity index (χ3v) is 3.66. The molecule has 1 aromatic rings. The Kier molecular flexibility index (Phi) is 5.60. The average molecular weight is 239 g/mol. The molecule has 90 valence electrons. The second kappa shape index (κ2) is 6.74. The zero-order chi connectivity index (χ0) is 12.0. The van der Waals surface area contributed by atoms with Gasteiger partial charge in [-0.25, -0.2) is 9.97 Å². The third-order valence-electron chi connectivity index (χ3n) is 2.33. The highest BCUT2D eigenvalue weighted by Gasteiger charge is 2.04. The van der Waals surface area contributed by atoms with Crippen LogP contribution >= 0.6 is 11.8 Å². The number of anilines is 1. The van der Waals surface area contributed by atoms with E-state index in [9.17, 15) is 0 Å². The van der Waals surface area contributed by atoms with Gasteiger partial charge in [0.05, 0.1) is 5.75 Å². The van der Waals surface area contributed by atoms with Crippen molar-refractivity contribution in [1.82, 2.24) is 9.97 Å². The molecule has 1 atom stereocenters. The van der Waals surface area contributed by atoms with Gasteiger partial charge in [0.1, 0.15) is 11.6 Å². The molecule has 1 N–H and O–H groups in total. The van der Waals surface area contributed by atoms with Gasteiger partial charge < -0.3 is 5.32 Å². The molecule has 4 heteroatoms. The maximum Gasteiger partial charge on any atom is 0.140 e. The fraction of sp³-hybridized carbons (Fsp3) is 0.667. The van der Waals surface area contributed by atoms with Crippen molar-refractivity contribution in [3.05, 3.63) is 17.6 Å². The zero-order valence-electron chi connectivity index (χ0n) is 10.6. The Morgan fingerprint density at radius 2 is 2.12 bits per heavy atom. The Morgan fingerprint density at radius 1 is 1.38 bits per heavy atom. The van der Waals surface area contributed by atoms with Gasteiger partial charge in [-0.15, -0.1) is 0 Å². The van der Waals surface area contributed by atoms with Gasteiger partial charge in [-0.2, -0.15) is 11.8 Å². The lowest BCUT2D eigenvalue weighted by Crippen LogP contribution is -2.05. The summed E-state index contributed by atoms with van der Waals surface area (Å²) < 4.78 is 0. The van der Waals surface area contributed by atoms with Crippen LogP contribution in [0.25, 0.3) is 0 Å². The molecule has 1 heterocycles. The van der Waals surface area contributed by atoms with Crippen molar-refractivity contribution in [3.63, 3.8) is 0 Å². The highest BCUT2D eigenvalue weighted by Crippen LogP contribution is 2.18. The number of nitrogens with one attached hydrogen (secondary N) is 1. The molecule has 0 aliphatic heterocycles. The lowest BCUT2D eigenvalue weighted by molar-refractivity contribution is 0.899. The lowest BCUT2D eigenvalue weighted by Gasteiger charge is -2.09. The van der Waals surface area contributed by atoms with Gasteiger partial charge in [-0.05, 0) is 20.3 Å².